The number of rotatable bonds is 5. The summed E-state index contributed by atoms with van der Waals surface area (Å²) in [5.74, 6) is 1.33. The SMILES string of the molecule is COCCCc1nc(N)c(C)c(-c2ccccc2)n1. The molecule has 100 valence electrons. The molecule has 4 heteroatoms. The van der Waals surface area contributed by atoms with Crippen LogP contribution in [0.3, 0.4) is 0 Å². The van der Waals surface area contributed by atoms with Gasteiger partial charge in [0.25, 0.3) is 0 Å². The van der Waals surface area contributed by atoms with Gasteiger partial charge in [0, 0.05) is 31.3 Å². The van der Waals surface area contributed by atoms with Gasteiger partial charge in [0.2, 0.25) is 0 Å². The molecule has 19 heavy (non-hydrogen) atoms. The number of aromatic nitrogens is 2. The largest absolute Gasteiger partial charge is 0.385 e. The van der Waals surface area contributed by atoms with E-state index in [4.69, 9.17) is 10.5 Å². The van der Waals surface area contributed by atoms with E-state index in [9.17, 15) is 0 Å². The maximum Gasteiger partial charge on any atom is 0.131 e. The predicted octanol–water partition coefficient (Wildman–Crippen LogP) is 2.61. The van der Waals surface area contributed by atoms with Crippen molar-refractivity contribution in [3.63, 3.8) is 0 Å². The standard InChI is InChI=1S/C15H19N3O/c1-11-14(12-7-4-3-5-8-12)17-13(18-15(11)16)9-6-10-19-2/h3-5,7-8H,6,9-10H2,1-2H3,(H2,16,17,18). The van der Waals surface area contributed by atoms with E-state index in [0.29, 0.717) is 12.4 Å². The number of aryl methyl sites for hydroxylation is 1. The summed E-state index contributed by atoms with van der Waals surface area (Å²) in [4.78, 5) is 8.97. The Kier molecular flexibility index (Phi) is 4.47. The second kappa shape index (κ2) is 6.29. The zero-order valence-corrected chi connectivity index (χ0v) is 11.4. The summed E-state index contributed by atoms with van der Waals surface area (Å²) in [6, 6.07) is 10.1. The highest BCUT2D eigenvalue weighted by Crippen LogP contribution is 2.24. The Morgan fingerprint density at radius 3 is 2.58 bits per heavy atom. The Morgan fingerprint density at radius 2 is 1.89 bits per heavy atom. The molecule has 0 amide bonds. The number of nitrogen functional groups attached to an aromatic ring is 1. The fraction of sp³-hybridized carbons (Fsp3) is 0.333. The van der Waals surface area contributed by atoms with Crippen molar-refractivity contribution in [3.05, 3.63) is 41.7 Å². The van der Waals surface area contributed by atoms with E-state index in [1.807, 2.05) is 37.3 Å². The van der Waals surface area contributed by atoms with Crippen LogP contribution in [0.1, 0.15) is 17.8 Å². The molecule has 0 aliphatic rings. The van der Waals surface area contributed by atoms with Crippen molar-refractivity contribution in [2.45, 2.75) is 19.8 Å². The van der Waals surface area contributed by atoms with Crippen LogP contribution in [0.2, 0.25) is 0 Å². The van der Waals surface area contributed by atoms with Gasteiger partial charge in [-0.15, -0.1) is 0 Å². The molecule has 0 saturated carbocycles. The molecule has 0 aliphatic carbocycles. The van der Waals surface area contributed by atoms with E-state index in [0.717, 1.165) is 35.5 Å². The summed E-state index contributed by atoms with van der Waals surface area (Å²) in [6.45, 7) is 2.66. The van der Waals surface area contributed by atoms with Gasteiger partial charge in [-0.1, -0.05) is 30.3 Å². The van der Waals surface area contributed by atoms with Crippen LogP contribution in [0, 0.1) is 6.92 Å². The number of ether oxygens (including phenoxy) is 1. The number of hydrogen-bond donors (Lipinski definition) is 1. The van der Waals surface area contributed by atoms with Crippen LogP contribution in [0.4, 0.5) is 5.82 Å². The molecular formula is C15H19N3O. The number of anilines is 1. The third-order valence-corrected chi connectivity index (χ3v) is 3.03. The van der Waals surface area contributed by atoms with Crippen molar-refractivity contribution in [1.29, 1.82) is 0 Å². The highest BCUT2D eigenvalue weighted by Gasteiger charge is 2.10. The number of benzene rings is 1. The lowest BCUT2D eigenvalue weighted by Gasteiger charge is -2.10. The number of nitrogens with two attached hydrogens (primary N) is 1. The van der Waals surface area contributed by atoms with E-state index >= 15 is 0 Å². The van der Waals surface area contributed by atoms with Crippen molar-refractivity contribution in [2.24, 2.45) is 0 Å². The lowest BCUT2D eigenvalue weighted by molar-refractivity contribution is 0.194. The molecule has 1 aromatic heterocycles. The van der Waals surface area contributed by atoms with Gasteiger partial charge in [-0.25, -0.2) is 9.97 Å². The first-order valence-electron chi connectivity index (χ1n) is 6.39. The first kappa shape index (κ1) is 13.5. The number of methoxy groups -OCH3 is 1. The van der Waals surface area contributed by atoms with Crippen molar-refractivity contribution in [3.8, 4) is 11.3 Å². The van der Waals surface area contributed by atoms with E-state index < -0.39 is 0 Å². The molecule has 0 radical (unpaired) electrons. The molecule has 0 atom stereocenters. The molecule has 2 rings (SSSR count). The zero-order valence-electron chi connectivity index (χ0n) is 11.4. The average Bonchev–Trinajstić information content (AvgIpc) is 2.44. The van der Waals surface area contributed by atoms with Crippen LogP contribution in [-0.2, 0) is 11.2 Å². The summed E-state index contributed by atoms with van der Waals surface area (Å²) in [5.41, 5.74) is 8.90. The van der Waals surface area contributed by atoms with Gasteiger partial charge in [-0.05, 0) is 13.3 Å². The second-order valence-electron chi connectivity index (χ2n) is 4.46. The van der Waals surface area contributed by atoms with Gasteiger partial charge in [0.1, 0.15) is 11.6 Å². The van der Waals surface area contributed by atoms with Gasteiger partial charge in [-0.2, -0.15) is 0 Å². The highest BCUT2D eigenvalue weighted by atomic mass is 16.5. The van der Waals surface area contributed by atoms with Crippen molar-refractivity contribution in [1.82, 2.24) is 9.97 Å². The summed E-state index contributed by atoms with van der Waals surface area (Å²) < 4.78 is 5.05. The molecule has 0 bridgehead atoms. The quantitative estimate of drug-likeness (QED) is 0.836. The van der Waals surface area contributed by atoms with E-state index in [2.05, 4.69) is 9.97 Å². The molecule has 1 aromatic carbocycles. The van der Waals surface area contributed by atoms with Gasteiger partial charge >= 0.3 is 0 Å². The topological polar surface area (TPSA) is 61.0 Å². The monoisotopic (exact) mass is 257 g/mol. The molecule has 0 saturated heterocycles. The Balaban J connectivity index is 2.32. The fourth-order valence-corrected chi connectivity index (χ4v) is 1.95. The maximum absolute atomic E-state index is 5.98. The molecule has 2 N–H and O–H groups in total. The minimum absolute atomic E-state index is 0.557. The molecule has 0 spiro atoms. The molecule has 0 fully saturated rings. The molecule has 1 heterocycles. The Morgan fingerprint density at radius 1 is 1.16 bits per heavy atom. The van der Waals surface area contributed by atoms with Crippen LogP contribution >= 0.6 is 0 Å². The summed E-state index contributed by atoms with van der Waals surface area (Å²) in [7, 11) is 1.69. The summed E-state index contributed by atoms with van der Waals surface area (Å²) in [6.07, 6.45) is 1.67. The normalized spacial score (nSPS) is 10.6. The molecule has 2 aromatic rings. The van der Waals surface area contributed by atoms with E-state index in [-0.39, 0.29) is 0 Å². The third kappa shape index (κ3) is 3.29. The third-order valence-electron chi connectivity index (χ3n) is 3.03. The highest BCUT2D eigenvalue weighted by molar-refractivity contribution is 5.67. The summed E-state index contributed by atoms with van der Waals surface area (Å²) in [5, 5.41) is 0. The lowest BCUT2D eigenvalue weighted by Crippen LogP contribution is -2.06. The molecule has 0 aliphatic heterocycles. The Bertz CT molecular complexity index is 541. The van der Waals surface area contributed by atoms with Crippen molar-refractivity contribution >= 4 is 5.82 Å². The maximum atomic E-state index is 5.98. The fourth-order valence-electron chi connectivity index (χ4n) is 1.95. The van der Waals surface area contributed by atoms with Crippen LogP contribution < -0.4 is 5.73 Å². The second-order valence-corrected chi connectivity index (χ2v) is 4.46. The van der Waals surface area contributed by atoms with E-state index in [1.165, 1.54) is 0 Å². The summed E-state index contributed by atoms with van der Waals surface area (Å²) >= 11 is 0. The lowest BCUT2D eigenvalue weighted by atomic mass is 10.1. The van der Waals surface area contributed by atoms with Crippen molar-refractivity contribution in [2.75, 3.05) is 19.5 Å². The van der Waals surface area contributed by atoms with Crippen LogP contribution in [0.15, 0.2) is 30.3 Å². The predicted molar refractivity (Wildman–Crippen MR) is 76.8 cm³/mol. The molecular weight excluding hydrogens is 238 g/mol. The molecule has 0 unspecified atom stereocenters. The number of nitrogens with zero attached hydrogens (tertiary/aromatic N) is 2. The average molecular weight is 257 g/mol. The van der Waals surface area contributed by atoms with Gasteiger partial charge in [0.05, 0.1) is 5.69 Å². The van der Waals surface area contributed by atoms with Crippen LogP contribution in [0.25, 0.3) is 11.3 Å². The van der Waals surface area contributed by atoms with E-state index in [1.54, 1.807) is 7.11 Å². The minimum atomic E-state index is 0.557. The number of hydrogen-bond acceptors (Lipinski definition) is 4. The van der Waals surface area contributed by atoms with Gasteiger partial charge < -0.3 is 10.5 Å². The zero-order chi connectivity index (χ0) is 13.7. The van der Waals surface area contributed by atoms with Crippen LogP contribution in [-0.4, -0.2) is 23.7 Å². The minimum Gasteiger partial charge on any atom is -0.385 e. The smallest absolute Gasteiger partial charge is 0.131 e. The van der Waals surface area contributed by atoms with Crippen molar-refractivity contribution < 1.29 is 4.74 Å². The first-order chi connectivity index (χ1) is 9.22. The first-order valence-corrected chi connectivity index (χ1v) is 6.39. The van der Waals surface area contributed by atoms with Gasteiger partial charge in [0.15, 0.2) is 0 Å². The Labute approximate surface area is 113 Å². The Hall–Kier alpha value is -1.94. The molecule has 4 nitrogen and oxygen atoms in total. The van der Waals surface area contributed by atoms with Gasteiger partial charge in [-0.3, -0.25) is 0 Å². The van der Waals surface area contributed by atoms with Crippen LogP contribution in [0.5, 0.6) is 0 Å².